The van der Waals surface area contributed by atoms with Crippen LogP contribution in [0.1, 0.15) is 13.3 Å². The lowest BCUT2D eigenvalue weighted by molar-refractivity contribution is 0.122. The van der Waals surface area contributed by atoms with Crippen molar-refractivity contribution in [3.05, 3.63) is 48.3 Å². The zero-order chi connectivity index (χ0) is 13.8. The highest BCUT2D eigenvalue weighted by atomic mass is 16.5. The number of benzene rings is 1. The molecule has 0 radical (unpaired) electrons. The first-order valence-electron chi connectivity index (χ1n) is 7.31. The van der Waals surface area contributed by atoms with Crippen molar-refractivity contribution in [2.24, 2.45) is 5.92 Å². The van der Waals surface area contributed by atoms with Crippen LogP contribution in [-0.2, 0) is 4.74 Å². The summed E-state index contributed by atoms with van der Waals surface area (Å²) in [5, 5.41) is 0. The van der Waals surface area contributed by atoms with Crippen LogP contribution in [-0.4, -0.2) is 26.3 Å². The van der Waals surface area contributed by atoms with Gasteiger partial charge in [-0.25, -0.2) is 0 Å². The molecule has 1 atom stereocenters. The van der Waals surface area contributed by atoms with E-state index in [1.807, 2.05) is 6.07 Å². The molecule has 0 saturated carbocycles. The van der Waals surface area contributed by atoms with Crippen LogP contribution in [0.4, 0.5) is 5.69 Å². The monoisotopic (exact) mass is 271 g/mol. The second kappa shape index (κ2) is 6.14. The molecule has 1 aromatic rings. The Bertz CT molecular complexity index is 515. The van der Waals surface area contributed by atoms with E-state index < -0.39 is 0 Å². The number of morpholine rings is 1. The molecular weight excluding hydrogens is 250 g/mol. The molecule has 2 aliphatic rings. The van der Waals surface area contributed by atoms with Gasteiger partial charge in [0, 0.05) is 19.0 Å². The van der Waals surface area contributed by atoms with Crippen LogP contribution < -0.4 is 9.64 Å². The first-order valence-corrected chi connectivity index (χ1v) is 7.31. The van der Waals surface area contributed by atoms with Crippen molar-refractivity contribution in [1.82, 2.24) is 0 Å². The summed E-state index contributed by atoms with van der Waals surface area (Å²) in [7, 11) is 0. The molecule has 1 aromatic carbocycles. The quantitative estimate of drug-likeness (QED) is 0.841. The van der Waals surface area contributed by atoms with E-state index in [2.05, 4.69) is 48.3 Å². The smallest absolute Gasteiger partial charge is 0.150 e. The van der Waals surface area contributed by atoms with Gasteiger partial charge < -0.3 is 14.4 Å². The summed E-state index contributed by atoms with van der Waals surface area (Å²) >= 11 is 0. The van der Waals surface area contributed by atoms with Crippen molar-refractivity contribution < 1.29 is 9.47 Å². The number of nitrogens with zero attached hydrogens (tertiary/aromatic N) is 1. The zero-order valence-corrected chi connectivity index (χ0v) is 11.9. The SMILES string of the molecule is CC1CC=CC=C1Oc1ccccc1N1CCOCC1. The molecule has 3 heteroatoms. The van der Waals surface area contributed by atoms with Crippen LogP contribution in [0.15, 0.2) is 48.3 Å². The summed E-state index contributed by atoms with van der Waals surface area (Å²) in [6.45, 7) is 5.63. The predicted molar refractivity (Wildman–Crippen MR) is 81.1 cm³/mol. The van der Waals surface area contributed by atoms with E-state index in [9.17, 15) is 0 Å². The third-order valence-corrected chi connectivity index (χ3v) is 3.82. The first-order chi connectivity index (χ1) is 9.84. The Hall–Kier alpha value is -1.74. The van der Waals surface area contributed by atoms with E-state index in [0.717, 1.165) is 44.2 Å². The maximum absolute atomic E-state index is 6.18. The minimum Gasteiger partial charge on any atom is -0.459 e. The zero-order valence-electron chi connectivity index (χ0n) is 11.9. The summed E-state index contributed by atoms with van der Waals surface area (Å²) < 4.78 is 11.6. The lowest BCUT2D eigenvalue weighted by Crippen LogP contribution is -2.36. The largest absolute Gasteiger partial charge is 0.459 e. The van der Waals surface area contributed by atoms with Crippen LogP contribution in [0, 0.1) is 5.92 Å². The van der Waals surface area contributed by atoms with E-state index in [0.29, 0.717) is 5.92 Å². The van der Waals surface area contributed by atoms with Crippen molar-refractivity contribution in [2.75, 3.05) is 31.2 Å². The Labute approximate surface area is 120 Å². The van der Waals surface area contributed by atoms with Crippen LogP contribution >= 0.6 is 0 Å². The number of ether oxygens (including phenoxy) is 2. The summed E-state index contributed by atoms with van der Waals surface area (Å²) in [5.41, 5.74) is 1.17. The molecule has 0 spiro atoms. The van der Waals surface area contributed by atoms with E-state index in [-0.39, 0.29) is 0 Å². The molecule has 3 nitrogen and oxygen atoms in total. The van der Waals surface area contributed by atoms with Gasteiger partial charge in [0.25, 0.3) is 0 Å². The van der Waals surface area contributed by atoms with Gasteiger partial charge in [-0.1, -0.05) is 31.2 Å². The maximum atomic E-state index is 6.18. The molecule has 0 bridgehead atoms. The number of para-hydroxylation sites is 2. The van der Waals surface area contributed by atoms with Gasteiger partial charge in [0.15, 0.2) is 0 Å². The van der Waals surface area contributed by atoms with E-state index in [1.165, 1.54) is 5.69 Å². The lowest BCUT2D eigenvalue weighted by atomic mass is 10.0. The molecule has 1 heterocycles. The molecule has 0 amide bonds. The average Bonchev–Trinajstić information content (AvgIpc) is 2.51. The average molecular weight is 271 g/mol. The minimum absolute atomic E-state index is 0.442. The summed E-state index contributed by atoms with van der Waals surface area (Å²) in [6, 6.07) is 8.28. The normalized spacial score (nSPS) is 22.6. The molecule has 106 valence electrons. The highest BCUT2D eigenvalue weighted by Gasteiger charge is 2.18. The minimum atomic E-state index is 0.442. The lowest BCUT2D eigenvalue weighted by Gasteiger charge is -2.30. The fourth-order valence-electron chi connectivity index (χ4n) is 2.60. The number of hydrogen-bond acceptors (Lipinski definition) is 3. The van der Waals surface area contributed by atoms with Gasteiger partial charge in [0.2, 0.25) is 0 Å². The van der Waals surface area contributed by atoms with Crippen LogP contribution in [0.5, 0.6) is 5.75 Å². The van der Waals surface area contributed by atoms with Crippen LogP contribution in [0.2, 0.25) is 0 Å². The number of anilines is 1. The molecule has 20 heavy (non-hydrogen) atoms. The number of hydrogen-bond donors (Lipinski definition) is 0. The van der Waals surface area contributed by atoms with Gasteiger partial charge in [-0.15, -0.1) is 0 Å². The summed E-state index contributed by atoms with van der Waals surface area (Å²) in [5.74, 6) is 2.44. The Morgan fingerprint density at radius 2 is 2.00 bits per heavy atom. The predicted octanol–water partition coefficient (Wildman–Crippen LogP) is 3.38. The highest BCUT2D eigenvalue weighted by Crippen LogP contribution is 2.32. The van der Waals surface area contributed by atoms with Gasteiger partial charge in [-0.2, -0.15) is 0 Å². The van der Waals surface area contributed by atoms with E-state index >= 15 is 0 Å². The Kier molecular flexibility index (Phi) is 4.07. The third kappa shape index (κ3) is 2.88. The molecule has 1 unspecified atom stereocenters. The van der Waals surface area contributed by atoms with E-state index in [1.54, 1.807) is 0 Å². The molecule has 1 aliphatic carbocycles. The van der Waals surface area contributed by atoms with Crippen molar-refractivity contribution in [3.63, 3.8) is 0 Å². The van der Waals surface area contributed by atoms with Gasteiger partial charge in [0.05, 0.1) is 18.9 Å². The molecule has 3 rings (SSSR count). The van der Waals surface area contributed by atoms with Crippen molar-refractivity contribution in [2.45, 2.75) is 13.3 Å². The third-order valence-electron chi connectivity index (χ3n) is 3.82. The van der Waals surface area contributed by atoms with Crippen LogP contribution in [0.3, 0.4) is 0 Å². The molecular formula is C17H21NO2. The van der Waals surface area contributed by atoms with Crippen LogP contribution in [0.25, 0.3) is 0 Å². The molecule has 1 aliphatic heterocycles. The molecule has 0 aromatic heterocycles. The molecule has 0 N–H and O–H groups in total. The second-order valence-corrected chi connectivity index (χ2v) is 5.30. The van der Waals surface area contributed by atoms with Gasteiger partial charge in [-0.05, 0) is 24.6 Å². The Morgan fingerprint density at radius 1 is 1.20 bits per heavy atom. The molecule has 1 fully saturated rings. The van der Waals surface area contributed by atoms with Crippen molar-refractivity contribution in [3.8, 4) is 5.75 Å². The fourth-order valence-corrected chi connectivity index (χ4v) is 2.60. The Balaban J connectivity index is 1.82. The van der Waals surface area contributed by atoms with E-state index in [4.69, 9.17) is 9.47 Å². The van der Waals surface area contributed by atoms with Gasteiger partial charge in [0.1, 0.15) is 11.5 Å². The second-order valence-electron chi connectivity index (χ2n) is 5.30. The Morgan fingerprint density at radius 3 is 2.80 bits per heavy atom. The van der Waals surface area contributed by atoms with Gasteiger partial charge in [-0.3, -0.25) is 0 Å². The number of allylic oxidation sites excluding steroid dienone is 4. The topological polar surface area (TPSA) is 21.7 Å². The summed E-state index contributed by atoms with van der Waals surface area (Å²) in [6.07, 6.45) is 7.38. The van der Waals surface area contributed by atoms with Crippen molar-refractivity contribution >= 4 is 5.69 Å². The summed E-state index contributed by atoms with van der Waals surface area (Å²) in [4.78, 5) is 2.34. The first kappa shape index (κ1) is 13.3. The standard InChI is InChI=1S/C17H21NO2/c1-14-6-2-4-8-16(14)20-17-9-5-3-7-15(17)18-10-12-19-13-11-18/h2-5,7-9,14H,6,10-13H2,1H3. The van der Waals surface area contributed by atoms with Gasteiger partial charge >= 0.3 is 0 Å². The maximum Gasteiger partial charge on any atom is 0.150 e. The fraction of sp³-hybridized carbons (Fsp3) is 0.412. The molecule has 1 saturated heterocycles. The van der Waals surface area contributed by atoms with Crippen molar-refractivity contribution in [1.29, 1.82) is 0 Å². The number of rotatable bonds is 3. The highest BCUT2D eigenvalue weighted by molar-refractivity contribution is 5.59.